The summed E-state index contributed by atoms with van der Waals surface area (Å²) < 4.78 is 12.6. The van der Waals surface area contributed by atoms with Gasteiger partial charge in [-0.2, -0.15) is 0 Å². The van der Waals surface area contributed by atoms with E-state index in [1.807, 2.05) is 6.07 Å². The molecule has 0 saturated carbocycles. The maximum Gasteiger partial charge on any atom is 0.162 e. The van der Waals surface area contributed by atoms with Gasteiger partial charge >= 0.3 is 0 Å². The van der Waals surface area contributed by atoms with Crippen molar-refractivity contribution in [2.75, 3.05) is 13.2 Å². The summed E-state index contributed by atoms with van der Waals surface area (Å²) in [5.41, 5.74) is 1.24. The molecule has 0 aliphatic carbocycles. The van der Waals surface area contributed by atoms with Gasteiger partial charge in [0, 0.05) is 15.7 Å². The lowest BCUT2D eigenvalue weighted by Gasteiger charge is -2.21. The summed E-state index contributed by atoms with van der Waals surface area (Å²) in [5.74, 6) is 2.30. The van der Waals surface area contributed by atoms with Crippen molar-refractivity contribution in [3.8, 4) is 11.5 Å². The monoisotopic (exact) mass is 390 g/mol. The molecule has 1 aliphatic rings. The third kappa shape index (κ3) is 3.66. The van der Waals surface area contributed by atoms with Gasteiger partial charge < -0.3 is 9.47 Å². The smallest absolute Gasteiger partial charge is 0.162 e. The van der Waals surface area contributed by atoms with E-state index in [9.17, 15) is 0 Å². The molecule has 0 amide bonds. The number of halogens is 2. The summed E-state index contributed by atoms with van der Waals surface area (Å²) in [4.78, 5) is 0.332. The maximum absolute atomic E-state index is 5.77. The van der Waals surface area contributed by atoms with E-state index in [-0.39, 0.29) is 0 Å². The van der Waals surface area contributed by atoms with Gasteiger partial charge in [0.15, 0.2) is 11.5 Å². The van der Waals surface area contributed by atoms with Gasteiger partial charge in [-0.15, -0.1) is 0 Å². The van der Waals surface area contributed by atoms with Crippen LogP contribution in [0.3, 0.4) is 0 Å². The minimum Gasteiger partial charge on any atom is -0.490 e. The van der Waals surface area contributed by atoms with Crippen molar-refractivity contribution in [2.45, 2.75) is 37.9 Å². The van der Waals surface area contributed by atoms with Gasteiger partial charge in [0.2, 0.25) is 0 Å². The second-order valence-electron chi connectivity index (χ2n) is 5.04. The SMILES string of the molecule is CCCC(C)C(Br)c1cc2c(cc1Br)OCCCO2. The number of hydrogen-bond acceptors (Lipinski definition) is 2. The van der Waals surface area contributed by atoms with E-state index in [1.54, 1.807) is 0 Å². The van der Waals surface area contributed by atoms with Crippen LogP contribution in [0.4, 0.5) is 0 Å². The quantitative estimate of drug-likeness (QED) is 0.632. The number of rotatable bonds is 4. The van der Waals surface area contributed by atoms with Gasteiger partial charge in [0.25, 0.3) is 0 Å². The molecule has 2 atom stereocenters. The van der Waals surface area contributed by atoms with Crippen LogP contribution in [-0.4, -0.2) is 13.2 Å². The summed E-state index contributed by atoms with van der Waals surface area (Å²) >= 11 is 7.48. The average Bonchev–Trinajstić information content (AvgIpc) is 2.62. The Labute approximate surface area is 132 Å². The molecule has 0 bridgehead atoms. The summed E-state index contributed by atoms with van der Waals surface area (Å²) in [6.45, 7) is 5.95. The fraction of sp³-hybridized carbons (Fsp3) is 0.600. The van der Waals surface area contributed by atoms with E-state index in [0.717, 1.165) is 35.6 Å². The summed E-state index contributed by atoms with van der Waals surface area (Å²) in [5, 5.41) is 0. The highest BCUT2D eigenvalue weighted by atomic mass is 79.9. The molecular formula is C15H20Br2O2. The van der Waals surface area contributed by atoms with E-state index in [4.69, 9.17) is 9.47 Å². The Morgan fingerprint density at radius 1 is 1.21 bits per heavy atom. The molecule has 106 valence electrons. The standard InChI is InChI=1S/C15H20Br2O2/c1-3-5-10(2)15(17)11-8-13-14(9-12(11)16)19-7-4-6-18-13/h8-10,15H,3-7H2,1-2H3. The maximum atomic E-state index is 5.77. The van der Waals surface area contributed by atoms with E-state index in [1.165, 1.54) is 18.4 Å². The van der Waals surface area contributed by atoms with Crippen LogP contribution in [0, 0.1) is 5.92 Å². The third-order valence-electron chi connectivity index (χ3n) is 3.41. The first kappa shape index (κ1) is 15.2. The Morgan fingerprint density at radius 3 is 2.47 bits per heavy atom. The van der Waals surface area contributed by atoms with Crippen LogP contribution in [0.5, 0.6) is 11.5 Å². The second kappa shape index (κ2) is 6.98. The first-order chi connectivity index (χ1) is 9.13. The van der Waals surface area contributed by atoms with Crippen molar-refractivity contribution >= 4 is 31.9 Å². The highest BCUT2D eigenvalue weighted by molar-refractivity contribution is 9.11. The molecule has 19 heavy (non-hydrogen) atoms. The summed E-state index contributed by atoms with van der Waals surface area (Å²) in [6, 6.07) is 4.14. The van der Waals surface area contributed by atoms with E-state index in [2.05, 4.69) is 51.8 Å². The predicted molar refractivity (Wildman–Crippen MR) is 85.5 cm³/mol. The lowest BCUT2D eigenvalue weighted by atomic mass is 9.96. The van der Waals surface area contributed by atoms with Crippen molar-refractivity contribution in [2.24, 2.45) is 5.92 Å². The number of fused-ring (bicyclic) bond motifs is 1. The van der Waals surface area contributed by atoms with Crippen LogP contribution in [0.1, 0.15) is 43.5 Å². The summed E-state index contributed by atoms with van der Waals surface area (Å²) in [7, 11) is 0. The third-order valence-corrected chi connectivity index (χ3v) is 5.49. The van der Waals surface area contributed by atoms with Gasteiger partial charge in [-0.3, -0.25) is 0 Å². The average molecular weight is 392 g/mol. The zero-order valence-corrected chi connectivity index (χ0v) is 14.6. The zero-order chi connectivity index (χ0) is 13.8. The molecule has 0 N–H and O–H groups in total. The van der Waals surface area contributed by atoms with Gasteiger partial charge in [0.05, 0.1) is 13.2 Å². The van der Waals surface area contributed by atoms with Gasteiger partial charge in [-0.05, 0) is 30.0 Å². The minimum atomic E-state index is 0.332. The van der Waals surface area contributed by atoms with Crippen LogP contribution in [0.25, 0.3) is 0 Å². The lowest BCUT2D eigenvalue weighted by molar-refractivity contribution is 0.297. The summed E-state index contributed by atoms with van der Waals surface area (Å²) in [6.07, 6.45) is 3.34. The topological polar surface area (TPSA) is 18.5 Å². The fourth-order valence-electron chi connectivity index (χ4n) is 2.32. The Bertz CT molecular complexity index is 434. The van der Waals surface area contributed by atoms with Gasteiger partial charge in [-0.25, -0.2) is 0 Å². The first-order valence-corrected chi connectivity index (χ1v) is 8.57. The van der Waals surface area contributed by atoms with E-state index < -0.39 is 0 Å². The molecule has 2 rings (SSSR count). The first-order valence-electron chi connectivity index (χ1n) is 6.86. The number of alkyl halides is 1. The van der Waals surface area contributed by atoms with E-state index >= 15 is 0 Å². The van der Waals surface area contributed by atoms with Gasteiger partial charge in [0.1, 0.15) is 0 Å². The van der Waals surface area contributed by atoms with Crippen LogP contribution in [0.15, 0.2) is 16.6 Å². The van der Waals surface area contributed by atoms with Crippen molar-refractivity contribution in [1.29, 1.82) is 0 Å². The highest BCUT2D eigenvalue weighted by Gasteiger charge is 2.21. The van der Waals surface area contributed by atoms with Crippen molar-refractivity contribution in [3.63, 3.8) is 0 Å². The molecule has 0 saturated heterocycles. The molecule has 1 aliphatic heterocycles. The lowest BCUT2D eigenvalue weighted by Crippen LogP contribution is -2.05. The van der Waals surface area contributed by atoms with Crippen LogP contribution in [-0.2, 0) is 0 Å². The van der Waals surface area contributed by atoms with Crippen molar-refractivity contribution in [1.82, 2.24) is 0 Å². The molecule has 4 heteroatoms. The van der Waals surface area contributed by atoms with E-state index in [0.29, 0.717) is 10.7 Å². The predicted octanol–water partition coefficient (Wildman–Crippen LogP) is 5.48. The highest BCUT2D eigenvalue weighted by Crippen LogP contribution is 2.43. The molecular weight excluding hydrogens is 372 g/mol. The Kier molecular flexibility index (Phi) is 5.58. The second-order valence-corrected chi connectivity index (χ2v) is 6.88. The molecule has 0 fully saturated rings. The molecule has 0 radical (unpaired) electrons. The molecule has 1 heterocycles. The largest absolute Gasteiger partial charge is 0.490 e. The van der Waals surface area contributed by atoms with Crippen molar-refractivity contribution in [3.05, 3.63) is 22.2 Å². The molecule has 1 aromatic rings. The number of benzene rings is 1. The van der Waals surface area contributed by atoms with Crippen LogP contribution >= 0.6 is 31.9 Å². The molecule has 0 spiro atoms. The Balaban J connectivity index is 2.28. The fourth-order valence-corrected chi connectivity index (χ4v) is 3.84. The van der Waals surface area contributed by atoms with Crippen LogP contribution < -0.4 is 9.47 Å². The zero-order valence-electron chi connectivity index (χ0n) is 11.4. The Hall–Kier alpha value is -0.220. The minimum absolute atomic E-state index is 0.332. The molecule has 0 aromatic heterocycles. The van der Waals surface area contributed by atoms with Crippen LogP contribution in [0.2, 0.25) is 0 Å². The van der Waals surface area contributed by atoms with Crippen molar-refractivity contribution < 1.29 is 9.47 Å². The molecule has 2 unspecified atom stereocenters. The Morgan fingerprint density at radius 2 is 1.84 bits per heavy atom. The molecule has 1 aromatic carbocycles. The number of hydrogen-bond donors (Lipinski definition) is 0. The number of ether oxygens (including phenoxy) is 2. The molecule has 2 nitrogen and oxygen atoms in total. The normalized spacial score (nSPS) is 17.7. The van der Waals surface area contributed by atoms with Gasteiger partial charge in [-0.1, -0.05) is 52.1 Å².